The Morgan fingerprint density at radius 2 is 2.00 bits per heavy atom. The van der Waals surface area contributed by atoms with E-state index >= 15 is 0 Å². The Hall–Kier alpha value is -1.35. The summed E-state index contributed by atoms with van der Waals surface area (Å²) in [6, 6.07) is 7.85. The lowest BCUT2D eigenvalue weighted by molar-refractivity contribution is 0.101. The van der Waals surface area contributed by atoms with Gasteiger partial charge in [-0.25, -0.2) is 0 Å². The van der Waals surface area contributed by atoms with E-state index in [4.69, 9.17) is 5.11 Å². The fourth-order valence-corrected chi connectivity index (χ4v) is 3.14. The van der Waals surface area contributed by atoms with Crippen LogP contribution in [0.3, 0.4) is 0 Å². The van der Waals surface area contributed by atoms with Crippen LogP contribution in [0.4, 0.5) is 5.69 Å². The van der Waals surface area contributed by atoms with Crippen LogP contribution in [0.2, 0.25) is 0 Å². The molecular formula is C16H23NO2. The minimum atomic E-state index is 0.0560. The lowest BCUT2D eigenvalue weighted by atomic mass is 9.86. The second-order valence-electron chi connectivity index (χ2n) is 5.91. The van der Waals surface area contributed by atoms with Crippen molar-refractivity contribution in [3.05, 3.63) is 29.8 Å². The molecule has 1 fully saturated rings. The number of hydrogen-bond acceptors (Lipinski definition) is 3. The molecule has 19 heavy (non-hydrogen) atoms. The van der Waals surface area contributed by atoms with Crippen LogP contribution in [0, 0.1) is 5.92 Å². The number of nitrogens with zero attached hydrogens (tertiary/aromatic N) is 1. The topological polar surface area (TPSA) is 40.5 Å². The van der Waals surface area contributed by atoms with E-state index in [9.17, 15) is 4.79 Å². The molecule has 1 aromatic carbocycles. The quantitative estimate of drug-likeness (QED) is 0.847. The van der Waals surface area contributed by atoms with E-state index in [1.807, 2.05) is 24.3 Å². The molecule has 1 atom stereocenters. The summed E-state index contributed by atoms with van der Waals surface area (Å²) in [5.74, 6) is 0.621. The van der Waals surface area contributed by atoms with Crippen LogP contribution < -0.4 is 4.90 Å². The molecule has 0 radical (unpaired) electrons. The summed E-state index contributed by atoms with van der Waals surface area (Å²) in [6.07, 6.45) is 1.97. The Kier molecular flexibility index (Phi) is 3.95. The maximum atomic E-state index is 11.3. The number of aliphatic hydroxyl groups is 1. The molecule has 0 bridgehead atoms. The number of Topliss-reactive ketones (excluding diaryl/α,β-unsaturated/α-hetero) is 1. The standard InChI is InChI=1S/C16H23NO2/c1-12(19)13-4-6-15(7-5-13)17-10-8-14(9-11-18)16(17,2)3/h4-7,14,18H,8-11H2,1-3H3. The van der Waals surface area contributed by atoms with Gasteiger partial charge in [-0.2, -0.15) is 0 Å². The first kappa shape index (κ1) is 14.1. The van der Waals surface area contributed by atoms with Crippen molar-refractivity contribution in [2.45, 2.75) is 39.2 Å². The van der Waals surface area contributed by atoms with Crippen molar-refractivity contribution in [1.82, 2.24) is 0 Å². The van der Waals surface area contributed by atoms with Crippen LogP contribution >= 0.6 is 0 Å². The molecule has 0 spiro atoms. The first-order valence-electron chi connectivity index (χ1n) is 6.96. The Morgan fingerprint density at radius 3 is 2.53 bits per heavy atom. The summed E-state index contributed by atoms with van der Waals surface area (Å²) in [4.78, 5) is 13.7. The molecular weight excluding hydrogens is 238 g/mol. The predicted octanol–water partition coefficient (Wildman–Crippen LogP) is 2.88. The van der Waals surface area contributed by atoms with Crippen molar-refractivity contribution >= 4 is 11.5 Å². The molecule has 0 aliphatic carbocycles. The number of anilines is 1. The zero-order valence-electron chi connectivity index (χ0n) is 12.0. The molecule has 104 valence electrons. The largest absolute Gasteiger partial charge is 0.396 e. The molecule has 1 heterocycles. The Bertz CT molecular complexity index is 450. The number of aliphatic hydroxyl groups excluding tert-OH is 1. The van der Waals surface area contributed by atoms with E-state index in [1.54, 1.807) is 6.92 Å². The van der Waals surface area contributed by atoms with Gasteiger partial charge in [0.15, 0.2) is 5.78 Å². The lowest BCUT2D eigenvalue weighted by Crippen LogP contribution is -2.42. The monoisotopic (exact) mass is 261 g/mol. The van der Waals surface area contributed by atoms with Crippen LogP contribution in [0.15, 0.2) is 24.3 Å². The van der Waals surface area contributed by atoms with Crippen molar-refractivity contribution in [2.75, 3.05) is 18.1 Å². The third-order valence-corrected chi connectivity index (χ3v) is 4.46. The van der Waals surface area contributed by atoms with E-state index in [-0.39, 0.29) is 17.9 Å². The van der Waals surface area contributed by atoms with Crippen LogP contribution in [-0.4, -0.2) is 29.6 Å². The van der Waals surface area contributed by atoms with Gasteiger partial charge < -0.3 is 10.0 Å². The first-order chi connectivity index (χ1) is 8.96. The molecule has 1 aromatic rings. The average molecular weight is 261 g/mol. The summed E-state index contributed by atoms with van der Waals surface area (Å²) in [5, 5.41) is 9.16. The van der Waals surface area contributed by atoms with Crippen LogP contribution in [0.5, 0.6) is 0 Å². The van der Waals surface area contributed by atoms with E-state index in [0.29, 0.717) is 5.92 Å². The summed E-state index contributed by atoms with van der Waals surface area (Å²) in [7, 11) is 0. The molecule has 1 saturated heterocycles. The number of carbonyl (C=O) groups excluding carboxylic acids is 1. The normalized spacial score (nSPS) is 21.7. The van der Waals surface area contributed by atoms with Gasteiger partial charge in [0.2, 0.25) is 0 Å². The van der Waals surface area contributed by atoms with E-state index in [1.165, 1.54) is 0 Å². The summed E-state index contributed by atoms with van der Waals surface area (Å²) in [6.45, 7) is 7.33. The zero-order valence-corrected chi connectivity index (χ0v) is 12.0. The smallest absolute Gasteiger partial charge is 0.159 e. The SMILES string of the molecule is CC(=O)c1ccc(N2CCC(CCO)C2(C)C)cc1. The van der Waals surface area contributed by atoms with E-state index < -0.39 is 0 Å². The minimum absolute atomic E-state index is 0.0560. The van der Waals surface area contributed by atoms with Gasteiger partial charge in [0.25, 0.3) is 0 Å². The van der Waals surface area contributed by atoms with Gasteiger partial charge in [-0.05, 0) is 63.8 Å². The van der Waals surface area contributed by atoms with Crippen LogP contribution in [0.25, 0.3) is 0 Å². The van der Waals surface area contributed by atoms with Gasteiger partial charge in [-0.15, -0.1) is 0 Å². The van der Waals surface area contributed by atoms with Gasteiger partial charge in [0, 0.05) is 29.9 Å². The zero-order chi connectivity index (χ0) is 14.0. The van der Waals surface area contributed by atoms with E-state index in [0.717, 1.165) is 30.6 Å². The molecule has 0 saturated carbocycles. The fraction of sp³-hybridized carbons (Fsp3) is 0.562. The molecule has 1 aliphatic rings. The molecule has 1 unspecified atom stereocenters. The number of rotatable bonds is 4. The fourth-order valence-electron chi connectivity index (χ4n) is 3.14. The van der Waals surface area contributed by atoms with Crippen molar-refractivity contribution in [2.24, 2.45) is 5.92 Å². The second-order valence-corrected chi connectivity index (χ2v) is 5.91. The first-order valence-corrected chi connectivity index (χ1v) is 6.96. The molecule has 1 aliphatic heterocycles. The van der Waals surface area contributed by atoms with E-state index in [2.05, 4.69) is 18.7 Å². The Balaban J connectivity index is 2.20. The van der Waals surface area contributed by atoms with Crippen molar-refractivity contribution in [3.8, 4) is 0 Å². The van der Waals surface area contributed by atoms with Crippen LogP contribution in [0.1, 0.15) is 44.0 Å². The lowest BCUT2D eigenvalue weighted by Gasteiger charge is -2.37. The predicted molar refractivity (Wildman–Crippen MR) is 77.7 cm³/mol. The van der Waals surface area contributed by atoms with Gasteiger partial charge in [-0.1, -0.05) is 0 Å². The third-order valence-electron chi connectivity index (χ3n) is 4.46. The number of carbonyl (C=O) groups is 1. The molecule has 3 heteroatoms. The summed E-state index contributed by atoms with van der Waals surface area (Å²) < 4.78 is 0. The third kappa shape index (κ3) is 2.66. The minimum Gasteiger partial charge on any atom is -0.396 e. The van der Waals surface area contributed by atoms with Crippen molar-refractivity contribution < 1.29 is 9.90 Å². The van der Waals surface area contributed by atoms with Crippen LogP contribution in [-0.2, 0) is 0 Å². The maximum absolute atomic E-state index is 11.3. The highest BCUT2D eigenvalue weighted by Crippen LogP contribution is 2.39. The highest BCUT2D eigenvalue weighted by atomic mass is 16.3. The number of ketones is 1. The van der Waals surface area contributed by atoms with Gasteiger partial charge in [-0.3, -0.25) is 4.79 Å². The van der Waals surface area contributed by atoms with Crippen molar-refractivity contribution in [1.29, 1.82) is 0 Å². The molecule has 3 nitrogen and oxygen atoms in total. The average Bonchev–Trinajstić information content (AvgIpc) is 2.66. The van der Waals surface area contributed by atoms with Gasteiger partial charge >= 0.3 is 0 Å². The highest BCUT2D eigenvalue weighted by molar-refractivity contribution is 5.94. The van der Waals surface area contributed by atoms with Gasteiger partial charge in [0.1, 0.15) is 0 Å². The Morgan fingerprint density at radius 1 is 1.37 bits per heavy atom. The molecule has 2 rings (SSSR count). The van der Waals surface area contributed by atoms with Gasteiger partial charge in [0.05, 0.1) is 0 Å². The second kappa shape index (κ2) is 5.33. The highest BCUT2D eigenvalue weighted by Gasteiger charge is 2.40. The number of hydrogen-bond donors (Lipinski definition) is 1. The van der Waals surface area contributed by atoms with Crippen molar-refractivity contribution in [3.63, 3.8) is 0 Å². The summed E-state index contributed by atoms with van der Waals surface area (Å²) in [5.41, 5.74) is 1.98. The summed E-state index contributed by atoms with van der Waals surface area (Å²) >= 11 is 0. The molecule has 0 amide bonds. The molecule has 1 N–H and O–H groups in total. The molecule has 0 aromatic heterocycles. The Labute approximate surface area is 115 Å². The maximum Gasteiger partial charge on any atom is 0.159 e. The number of benzene rings is 1.